The summed E-state index contributed by atoms with van der Waals surface area (Å²) in [5.41, 5.74) is 6.07. The summed E-state index contributed by atoms with van der Waals surface area (Å²) in [6.07, 6.45) is 0.444. The van der Waals surface area contributed by atoms with Crippen LogP contribution < -0.4 is 5.32 Å². The summed E-state index contributed by atoms with van der Waals surface area (Å²) < 4.78 is 2.07. The first-order valence-electron chi connectivity index (χ1n) is 6.29. The van der Waals surface area contributed by atoms with Gasteiger partial charge in [-0.15, -0.1) is 0 Å². The Morgan fingerprint density at radius 2 is 2.16 bits per heavy atom. The van der Waals surface area contributed by atoms with Gasteiger partial charge in [0.25, 0.3) is 0 Å². The molecule has 4 nitrogen and oxygen atoms in total. The second kappa shape index (κ2) is 4.24. The van der Waals surface area contributed by atoms with Gasteiger partial charge in [0.15, 0.2) is 0 Å². The summed E-state index contributed by atoms with van der Waals surface area (Å²) in [7, 11) is 1.99. The summed E-state index contributed by atoms with van der Waals surface area (Å²) in [6, 6.07) is 7.99. The van der Waals surface area contributed by atoms with E-state index in [9.17, 15) is 9.90 Å². The van der Waals surface area contributed by atoms with Crippen molar-refractivity contribution >= 4 is 11.6 Å². The van der Waals surface area contributed by atoms with Crippen molar-refractivity contribution in [1.29, 1.82) is 0 Å². The molecule has 0 bridgehead atoms. The van der Waals surface area contributed by atoms with Gasteiger partial charge in [0.05, 0.1) is 13.0 Å². The fourth-order valence-electron chi connectivity index (χ4n) is 2.59. The van der Waals surface area contributed by atoms with Gasteiger partial charge in [0.2, 0.25) is 5.91 Å². The van der Waals surface area contributed by atoms with Crippen LogP contribution in [0.4, 0.5) is 5.69 Å². The van der Waals surface area contributed by atoms with Crippen LogP contribution in [0, 0.1) is 6.92 Å². The second-order valence-corrected chi connectivity index (χ2v) is 4.95. The van der Waals surface area contributed by atoms with E-state index < -0.39 is 0 Å². The Balaban J connectivity index is 2.09. The number of rotatable bonds is 2. The smallest absolute Gasteiger partial charge is 0.228 e. The summed E-state index contributed by atoms with van der Waals surface area (Å²) in [5.74, 6) is 0.0475. The van der Waals surface area contributed by atoms with E-state index in [0.29, 0.717) is 6.42 Å². The number of anilines is 1. The predicted molar refractivity (Wildman–Crippen MR) is 73.8 cm³/mol. The largest absolute Gasteiger partial charge is 0.392 e. The van der Waals surface area contributed by atoms with Crippen molar-refractivity contribution in [2.24, 2.45) is 7.05 Å². The molecule has 19 heavy (non-hydrogen) atoms. The van der Waals surface area contributed by atoms with Crippen LogP contribution in [0.15, 0.2) is 24.3 Å². The van der Waals surface area contributed by atoms with Gasteiger partial charge in [-0.25, -0.2) is 0 Å². The fourth-order valence-corrected chi connectivity index (χ4v) is 2.59. The van der Waals surface area contributed by atoms with Crippen molar-refractivity contribution in [3.8, 4) is 11.3 Å². The zero-order chi connectivity index (χ0) is 13.6. The molecule has 98 valence electrons. The van der Waals surface area contributed by atoms with E-state index in [0.717, 1.165) is 33.8 Å². The number of aliphatic hydroxyl groups excluding tert-OH is 1. The normalized spacial score (nSPS) is 13.5. The van der Waals surface area contributed by atoms with Gasteiger partial charge in [0, 0.05) is 24.1 Å². The molecule has 3 rings (SSSR count). The Morgan fingerprint density at radius 3 is 2.84 bits per heavy atom. The maximum absolute atomic E-state index is 11.4. The molecule has 0 saturated heterocycles. The number of carbonyl (C=O) groups excluding carboxylic acids is 1. The molecule has 2 N–H and O–H groups in total. The average Bonchev–Trinajstić information content (AvgIpc) is 2.90. The molecule has 0 radical (unpaired) electrons. The highest BCUT2D eigenvalue weighted by Gasteiger charge is 2.19. The summed E-state index contributed by atoms with van der Waals surface area (Å²) in [4.78, 5) is 11.4. The molecule has 0 atom stereocenters. The van der Waals surface area contributed by atoms with Crippen molar-refractivity contribution in [2.75, 3.05) is 5.32 Å². The first-order chi connectivity index (χ1) is 9.10. The quantitative estimate of drug-likeness (QED) is 0.863. The maximum atomic E-state index is 11.4. The Labute approximate surface area is 111 Å². The lowest BCUT2D eigenvalue weighted by atomic mass is 10.1. The second-order valence-electron chi connectivity index (χ2n) is 4.95. The summed E-state index contributed by atoms with van der Waals surface area (Å²) in [6.45, 7) is 2.04. The van der Waals surface area contributed by atoms with E-state index in [2.05, 4.69) is 9.88 Å². The van der Waals surface area contributed by atoms with Crippen molar-refractivity contribution in [3.63, 3.8) is 0 Å². The summed E-state index contributed by atoms with van der Waals surface area (Å²) >= 11 is 0. The minimum atomic E-state index is 0.0463. The van der Waals surface area contributed by atoms with Crippen LogP contribution in [0.5, 0.6) is 0 Å². The summed E-state index contributed by atoms with van der Waals surface area (Å²) in [5, 5.41) is 12.2. The third kappa shape index (κ3) is 1.85. The molecule has 0 unspecified atom stereocenters. The third-order valence-corrected chi connectivity index (χ3v) is 3.84. The van der Waals surface area contributed by atoms with Crippen LogP contribution >= 0.6 is 0 Å². The van der Waals surface area contributed by atoms with E-state index >= 15 is 0 Å². The van der Waals surface area contributed by atoms with Crippen LogP contribution in [0.2, 0.25) is 0 Å². The molecule has 1 aliphatic rings. The monoisotopic (exact) mass is 256 g/mol. The number of carbonyl (C=O) groups is 1. The molecule has 2 heterocycles. The van der Waals surface area contributed by atoms with Gasteiger partial charge in [-0.3, -0.25) is 4.79 Å². The van der Waals surface area contributed by atoms with Gasteiger partial charge in [0.1, 0.15) is 0 Å². The number of fused-ring (bicyclic) bond motifs is 1. The molecule has 2 aromatic rings. The minimum absolute atomic E-state index is 0.0463. The number of benzene rings is 1. The molecule has 0 fully saturated rings. The molecule has 1 aromatic carbocycles. The fraction of sp³-hybridized carbons (Fsp3) is 0.267. The first-order valence-corrected chi connectivity index (χ1v) is 6.29. The number of amides is 1. The first kappa shape index (κ1) is 12.0. The number of hydrogen-bond donors (Lipinski definition) is 2. The van der Waals surface area contributed by atoms with Gasteiger partial charge in [-0.1, -0.05) is 6.07 Å². The van der Waals surface area contributed by atoms with Crippen LogP contribution in [0.25, 0.3) is 11.3 Å². The molecular formula is C15H16N2O2. The molecule has 0 aliphatic carbocycles. The molecule has 0 spiro atoms. The Kier molecular flexibility index (Phi) is 2.68. The maximum Gasteiger partial charge on any atom is 0.228 e. The number of aliphatic hydroxyl groups is 1. The molecule has 1 aliphatic heterocycles. The highest BCUT2D eigenvalue weighted by molar-refractivity contribution is 5.99. The zero-order valence-corrected chi connectivity index (χ0v) is 11.0. The van der Waals surface area contributed by atoms with Crippen LogP contribution in [0.3, 0.4) is 0 Å². The Bertz CT molecular complexity index is 671. The van der Waals surface area contributed by atoms with E-state index in [1.807, 2.05) is 38.2 Å². The highest BCUT2D eigenvalue weighted by atomic mass is 16.3. The molecule has 4 heteroatoms. The van der Waals surface area contributed by atoms with Gasteiger partial charge in [-0.05, 0) is 41.8 Å². The average molecular weight is 256 g/mol. The van der Waals surface area contributed by atoms with Crippen molar-refractivity contribution in [3.05, 3.63) is 41.1 Å². The molecule has 1 aromatic heterocycles. The number of aromatic nitrogens is 1. The molecule has 1 amide bonds. The van der Waals surface area contributed by atoms with Gasteiger partial charge >= 0.3 is 0 Å². The number of nitrogens with zero attached hydrogens (tertiary/aromatic N) is 1. The Morgan fingerprint density at radius 1 is 1.37 bits per heavy atom. The van der Waals surface area contributed by atoms with E-state index in [4.69, 9.17) is 0 Å². The molecule has 0 saturated carbocycles. The lowest BCUT2D eigenvalue weighted by Gasteiger charge is -2.07. The zero-order valence-electron chi connectivity index (χ0n) is 11.0. The van der Waals surface area contributed by atoms with Crippen LogP contribution in [-0.2, 0) is 24.9 Å². The predicted octanol–water partition coefficient (Wildman–Crippen LogP) is 1.99. The van der Waals surface area contributed by atoms with Gasteiger partial charge in [-0.2, -0.15) is 0 Å². The lowest BCUT2D eigenvalue weighted by molar-refractivity contribution is -0.115. The standard InChI is InChI=1S/C15H16N2O2/c1-9-12(8-18)6-14(17(9)2)10-3-4-13-11(5-10)7-15(19)16-13/h3-6,18H,7-8H2,1-2H3,(H,16,19). The number of hydrogen-bond acceptors (Lipinski definition) is 2. The highest BCUT2D eigenvalue weighted by Crippen LogP contribution is 2.30. The van der Waals surface area contributed by atoms with Crippen molar-refractivity contribution in [1.82, 2.24) is 4.57 Å². The SMILES string of the molecule is Cc1c(CO)cc(-c2ccc3c(c2)CC(=O)N3)n1C. The number of nitrogens with one attached hydrogen (secondary N) is 1. The Hall–Kier alpha value is -2.07. The van der Waals surface area contributed by atoms with E-state index in [1.54, 1.807) is 0 Å². The van der Waals surface area contributed by atoms with E-state index in [1.165, 1.54) is 0 Å². The van der Waals surface area contributed by atoms with Gasteiger partial charge < -0.3 is 15.0 Å². The van der Waals surface area contributed by atoms with E-state index in [-0.39, 0.29) is 12.5 Å². The topological polar surface area (TPSA) is 54.3 Å². The lowest BCUT2D eigenvalue weighted by Crippen LogP contribution is -2.03. The van der Waals surface area contributed by atoms with Crippen LogP contribution in [-0.4, -0.2) is 15.6 Å². The van der Waals surface area contributed by atoms with Crippen molar-refractivity contribution in [2.45, 2.75) is 20.0 Å². The van der Waals surface area contributed by atoms with Crippen LogP contribution in [0.1, 0.15) is 16.8 Å². The van der Waals surface area contributed by atoms with Crippen molar-refractivity contribution < 1.29 is 9.90 Å². The minimum Gasteiger partial charge on any atom is -0.392 e. The third-order valence-electron chi connectivity index (χ3n) is 3.84. The molecular weight excluding hydrogens is 240 g/mol.